The number of rotatable bonds is 6. The maximum Gasteiger partial charge on any atom is 0.234 e. The zero-order chi connectivity index (χ0) is 17.8. The van der Waals surface area contributed by atoms with Crippen molar-refractivity contribution in [3.8, 4) is 10.6 Å². The Bertz CT molecular complexity index is 920. The van der Waals surface area contributed by atoms with Crippen molar-refractivity contribution in [2.24, 2.45) is 0 Å². The highest BCUT2D eigenvalue weighted by molar-refractivity contribution is 8.00. The first kappa shape index (κ1) is 17.4. The zero-order valence-corrected chi connectivity index (χ0v) is 15.1. The van der Waals surface area contributed by atoms with Gasteiger partial charge >= 0.3 is 0 Å². The van der Waals surface area contributed by atoms with Gasteiger partial charge in [-0.1, -0.05) is 6.07 Å². The molecular formula is C18H15N2O3S2-. The number of fused-ring (bicyclic) bond motifs is 1. The van der Waals surface area contributed by atoms with Crippen molar-refractivity contribution in [1.29, 1.82) is 0 Å². The van der Waals surface area contributed by atoms with E-state index in [4.69, 9.17) is 0 Å². The predicted molar refractivity (Wildman–Crippen MR) is 101 cm³/mol. The average Bonchev–Trinajstić information content (AvgIpc) is 2.98. The van der Waals surface area contributed by atoms with Crippen LogP contribution in [0.2, 0.25) is 0 Å². The molecule has 1 heterocycles. The number of aryl methyl sites for hydroxylation is 1. The molecular weight excluding hydrogens is 356 g/mol. The molecule has 1 N–H and O–H groups in total. The van der Waals surface area contributed by atoms with Gasteiger partial charge in [0.25, 0.3) is 0 Å². The summed E-state index contributed by atoms with van der Waals surface area (Å²) < 4.78 is 1.15. The van der Waals surface area contributed by atoms with Gasteiger partial charge in [-0.2, -0.15) is 0 Å². The summed E-state index contributed by atoms with van der Waals surface area (Å²) in [6.07, 6.45) is 0. The number of thioether (sulfide) groups is 1. The minimum atomic E-state index is -1.17. The first-order chi connectivity index (χ1) is 12.0. The van der Waals surface area contributed by atoms with E-state index in [-0.39, 0.29) is 17.4 Å². The fourth-order valence-corrected chi connectivity index (χ4v) is 3.87. The molecule has 0 fully saturated rings. The van der Waals surface area contributed by atoms with E-state index in [1.54, 1.807) is 11.3 Å². The Labute approximate surface area is 153 Å². The number of carbonyl (C=O) groups is 2. The number of benzene rings is 2. The van der Waals surface area contributed by atoms with Gasteiger partial charge in [-0.25, -0.2) is 4.98 Å². The van der Waals surface area contributed by atoms with Crippen molar-refractivity contribution in [1.82, 2.24) is 4.98 Å². The van der Waals surface area contributed by atoms with Gasteiger partial charge in [0.15, 0.2) is 0 Å². The molecule has 3 aromatic rings. The Hall–Kier alpha value is -2.38. The minimum Gasteiger partial charge on any atom is -0.549 e. The third-order valence-corrected chi connectivity index (χ3v) is 5.39. The van der Waals surface area contributed by atoms with E-state index < -0.39 is 5.97 Å². The van der Waals surface area contributed by atoms with Crippen molar-refractivity contribution in [2.75, 3.05) is 16.8 Å². The van der Waals surface area contributed by atoms with Crippen LogP contribution in [0.3, 0.4) is 0 Å². The third-order valence-electron chi connectivity index (χ3n) is 3.41. The van der Waals surface area contributed by atoms with E-state index in [2.05, 4.69) is 23.3 Å². The van der Waals surface area contributed by atoms with Gasteiger partial charge in [-0.3, -0.25) is 4.79 Å². The first-order valence-electron chi connectivity index (χ1n) is 7.56. The van der Waals surface area contributed by atoms with Crippen LogP contribution in [0.1, 0.15) is 5.56 Å². The van der Waals surface area contributed by atoms with Gasteiger partial charge in [0, 0.05) is 17.0 Å². The summed E-state index contributed by atoms with van der Waals surface area (Å²) in [5.74, 6) is -1.53. The molecule has 1 amide bonds. The Morgan fingerprint density at radius 1 is 1.16 bits per heavy atom. The lowest BCUT2D eigenvalue weighted by Crippen LogP contribution is -2.25. The molecule has 0 aliphatic heterocycles. The van der Waals surface area contributed by atoms with Crippen LogP contribution in [0.5, 0.6) is 0 Å². The SMILES string of the molecule is Cc1ccc2nc(-c3ccc(NC(=O)CSCC(=O)[O-])cc3)sc2c1. The number of carboxylic acids is 1. The molecule has 2 aromatic carbocycles. The molecule has 5 nitrogen and oxygen atoms in total. The molecule has 0 aliphatic carbocycles. The van der Waals surface area contributed by atoms with Crippen molar-refractivity contribution < 1.29 is 14.7 Å². The van der Waals surface area contributed by atoms with Crippen LogP contribution in [-0.2, 0) is 9.59 Å². The predicted octanol–water partition coefficient (Wildman–Crippen LogP) is 2.69. The number of hydrogen-bond donors (Lipinski definition) is 1. The Morgan fingerprint density at radius 2 is 1.92 bits per heavy atom. The van der Waals surface area contributed by atoms with Crippen molar-refractivity contribution >= 4 is 50.9 Å². The number of carbonyl (C=O) groups excluding carboxylic acids is 2. The number of nitrogens with zero attached hydrogens (tertiary/aromatic N) is 1. The Balaban J connectivity index is 1.66. The Morgan fingerprint density at radius 3 is 2.64 bits per heavy atom. The number of thiazole rings is 1. The number of anilines is 1. The van der Waals surface area contributed by atoms with E-state index in [9.17, 15) is 14.7 Å². The Kier molecular flexibility index (Phi) is 5.35. The van der Waals surface area contributed by atoms with Gasteiger partial charge in [0.1, 0.15) is 5.01 Å². The molecule has 0 atom stereocenters. The molecule has 0 aliphatic rings. The summed E-state index contributed by atoms with van der Waals surface area (Å²) in [4.78, 5) is 26.7. The van der Waals surface area contributed by atoms with Crippen LogP contribution in [0.25, 0.3) is 20.8 Å². The number of aromatic nitrogens is 1. The lowest BCUT2D eigenvalue weighted by atomic mass is 10.2. The fourth-order valence-electron chi connectivity index (χ4n) is 2.28. The molecule has 128 valence electrons. The summed E-state index contributed by atoms with van der Waals surface area (Å²) >= 11 is 2.64. The number of aliphatic carboxylic acids is 1. The van der Waals surface area contributed by atoms with E-state index >= 15 is 0 Å². The van der Waals surface area contributed by atoms with E-state index in [0.29, 0.717) is 5.69 Å². The lowest BCUT2D eigenvalue weighted by molar-refractivity contribution is -0.301. The van der Waals surface area contributed by atoms with Crippen molar-refractivity contribution in [3.63, 3.8) is 0 Å². The van der Waals surface area contributed by atoms with Crippen LogP contribution in [0.15, 0.2) is 42.5 Å². The molecule has 0 spiro atoms. The van der Waals surface area contributed by atoms with Crippen molar-refractivity contribution in [3.05, 3.63) is 48.0 Å². The van der Waals surface area contributed by atoms with Crippen LogP contribution in [-0.4, -0.2) is 28.4 Å². The fraction of sp³-hybridized carbons (Fsp3) is 0.167. The number of carboxylic acid groups (broad SMARTS) is 1. The molecule has 25 heavy (non-hydrogen) atoms. The van der Waals surface area contributed by atoms with Gasteiger partial charge in [-0.15, -0.1) is 23.1 Å². The maximum atomic E-state index is 11.7. The largest absolute Gasteiger partial charge is 0.549 e. The molecule has 0 saturated carbocycles. The smallest absolute Gasteiger partial charge is 0.234 e. The second-order valence-electron chi connectivity index (χ2n) is 5.48. The van der Waals surface area contributed by atoms with Gasteiger partial charge in [0.05, 0.1) is 21.9 Å². The third kappa shape index (κ3) is 4.58. The van der Waals surface area contributed by atoms with Gasteiger partial charge in [0.2, 0.25) is 5.91 Å². The summed E-state index contributed by atoms with van der Waals surface area (Å²) in [6.45, 7) is 2.06. The number of nitrogens with one attached hydrogen (secondary N) is 1. The van der Waals surface area contributed by atoms with E-state index in [1.165, 1.54) is 5.56 Å². The highest BCUT2D eigenvalue weighted by Crippen LogP contribution is 2.31. The monoisotopic (exact) mass is 371 g/mol. The summed E-state index contributed by atoms with van der Waals surface area (Å²) in [5, 5.41) is 14.0. The second kappa shape index (κ2) is 7.67. The van der Waals surface area contributed by atoms with Crippen LogP contribution >= 0.6 is 23.1 Å². The zero-order valence-electron chi connectivity index (χ0n) is 13.4. The number of amides is 1. The lowest BCUT2D eigenvalue weighted by Gasteiger charge is -2.06. The summed E-state index contributed by atoms with van der Waals surface area (Å²) in [6, 6.07) is 13.6. The second-order valence-corrected chi connectivity index (χ2v) is 7.50. The van der Waals surface area contributed by atoms with Crippen molar-refractivity contribution in [2.45, 2.75) is 6.92 Å². The van der Waals surface area contributed by atoms with E-state index in [0.717, 1.165) is 32.5 Å². The van der Waals surface area contributed by atoms with Crippen LogP contribution in [0, 0.1) is 6.92 Å². The first-order valence-corrected chi connectivity index (χ1v) is 9.53. The quantitative estimate of drug-likeness (QED) is 0.720. The summed E-state index contributed by atoms with van der Waals surface area (Å²) in [7, 11) is 0. The standard InChI is InChI=1S/C18H16N2O3S2/c1-11-2-7-14-15(8-11)25-18(20-14)12-3-5-13(6-4-12)19-16(21)9-24-10-17(22)23/h2-8H,9-10H2,1H3,(H,19,21)(H,22,23)/p-1. The highest BCUT2D eigenvalue weighted by atomic mass is 32.2. The van der Waals surface area contributed by atoms with E-state index in [1.807, 2.05) is 36.4 Å². The number of hydrogen-bond acceptors (Lipinski definition) is 6. The molecule has 0 unspecified atom stereocenters. The normalized spacial score (nSPS) is 10.8. The molecule has 3 rings (SSSR count). The maximum absolute atomic E-state index is 11.7. The van der Waals surface area contributed by atoms with Crippen LogP contribution < -0.4 is 10.4 Å². The average molecular weight is 371 g/mol. The van der Waals surface area contributed by atoms with Gasteiger partial charge < -0.3 is 15.2 Å². The van der Waals surface area contributed by atoms with Crippen LogP contribution in [0.4, 0.5) is 5.69 Å². The molecule has 1 aromatic heterocycles. The highest BCUT2D eigenvalue weighted by Gasteiger charge is 2.07. The minimum absolute atomic E-state index is 0.0763. The topological polar surface area (TPSA) is 82.1 Å². The summed E-state index contributed by atoms with van der Waals surface area (Å²) in [5.41, 5.74) is 3.84. The molecule has 0 bridgehead atoms. The molecule has 7 heteroatoms. The van der Waals surface area contributed by atoms with Gasteiger partial charge in [-0.05, 0) is 48.9 Å². The molecule has 0 saturated heterocycles. The molecule has 0 radical (unpaired) electrons.